The summed E-state index contributed by atoms with van der Waals surface area (Å²) < 4.78 is 1.04. The maximum atomic E-state index is 11.4. The largest absolute Gasteiger partial charge is 0.340 e. The maximum Gasteiger partial charge on any atom is 0.333 e. The molecule has 6 heteroatoms. The van der Waals surface area contributed by atoms with Crippen LogP contribution in [0.1, 0.15) is 10.4 Å². The molecule has 15 heavy (non-hydrogen) atoms. The average Bonchev–Trinajstić information content (AvgIpc) is 2.26. The number of urea groups is 1. The molecule has 0 atom stereocenters. The van der Waals surface area contributed by atoms with Crippen molar-refractivity contribution in [3.05, 3.63) is 33.4 Å². The highest BCUT2D eigenvalue weighted by molar-refractivity contribution is 14.1. The molecule has 0 heterocycles. The molecule has 0 saturated carbocycles. The molecular weight excluding hydrogens is 309 g/mol. The van der Waals surface area contributed by atoms with E-state index in [-0.39, 0.29) is 5.91 Å². The molecule has 0 bridgehead atoms. The van der Waals surface area contributed by atoms with Gasteiger partial charge in [0.1, 0.15) is 0 Å². The lowest BCUT2D eigenvalue weighted by Crippen LogP contribution is -2.45. The van der Waals surface area contributed by atoms with Crippen LogP contribution in [-0.4, -0.2) is 19.0 Å². The summed E-state index contributed by atoms with van der Waals surface area (Å²) in [6, 6.07) is 6.53. The zero-order valence-electron chi connectivity index (χ0n) is 8.00. The number of hydrogen-bond acceptors (Lipinski definition) is 2. The minimum Gasteiger partial charge on any atom is -0.340 e. The summed E-state index contributed by atoms with van der Waals surface area (Å²) in [5, 5.41) is 2.31. The van der Waals surface area contributed by atoms with Crippen LogP contribution in [0.15, 0.2) is 24.3 Å². The topological polar surface area (TPSA) is 70.2 Å². The lowest BCUT2D eigenvalue weighted by atomic mass is 10.2. The molecule has 0 aliphatic rings. The van der Waals surface area contributed by atoms with Crippen molar-refractivity contribution in [3.8, 4) is 0 Å². The van der Waals surface area contributed by atoms with Crippen molar-refractivity contribution in [1.29, 1.82) is 0 Å². The van der Waals surface area contributed by atoms with E-state index < -0.39 is 6.03 Å². The number of halogens is 1. The summed E-state index contributed by atoms with van der Waals surface area (Å²) in [6.45, 7) is 0. The molecule has 0 radical (unpaired) electrons. The molecule has 1 aromatic carbocycles. The quantitative estimate of drug-likeness (QED) is 0.531. The second-order valence-corrected chi connectivity index (χ2v) is 3.91. The smallest absolute Gasteiger partial charge is 0.333 e. The number of carbonyl (C=O) groups is 2. The zero-order valence-corrected chi connectivity index (χ0v) is 10.2. The SMILES string of the molecule is CNC(=O)NNC(=O)c1ccc(I)cc1. The number of rotatable bonds is 1. The van der Waals surface area contributed by atoms with Crippen LogP contribution in [0, 0.1) is 3.57 Å². The van der Waals surface area contributed by atoms with E-state index in [1.54, 1.807) is 12.1 Å². The summed E-state index contributed by atoms with van der Waals surface area (Å²) in [5.74, 6) is -0.352. The van der Waals surface area contributed by atoms with E-state index in [1.165, 1.54) is 7.05 Å². The second-order valence-electron chi connectivity index (χ2n) is 2.67. The number of nitrogens with one attached hydrogen (secondary N) is 3. The highest BCUT2D eigenvalue weighted by Crippen LogP contribution is 2.06. The van der Waals surface area contributed by atoms with Gasteiger partial charge < -0.3 is 5.32 Å². The van der Waals surface area contributed by atoms with E-state index in [0.717, 1.165) is 3.57 Å². The zero-order chi connectivity index (χ0) is 11.3. The minimum atomic E-state index is -0.464. The van der Waals surface area contributed by atoms with Crippen molar-refractivity contribution in [2.45, 2.75) is 0 Å². The molecule has 0 saturated heterocycles. The predicted molar refractivity (Wildman–Crippen MR) is 64.2 cm³/mol. The highest BCUT2D eigenvalue weighted by atomic mass is 127. The van der Waals surface area contributed by atoms with Gasteiger partial charge in [0.05, 0.1) is 0 Å². The Morgan fingerprint density at radius 2 is 1.73 bits per heavy atom. The fraction of sp³-hybridized carbons (Fsp3) is 0.111. The van der Waals surface area contributed by atoms with Gasteiger partial charge in [-0.15, -0.1) is 0 Å². The first kappa shape index (κ1) is 11.8. The van der Waals surface area contributed by atoms with Gasteiger partial charge >= 0.3 is 6.03 Å². The molecule has 0 spiro atoms. The third kappa shape index (κ3) is 3.74. The van der Waals surface area contributed by atoms with Gasteiger partial charge in [0, 0.05) is 16.2 Å². The van der Waals surface area contributed by atoms with Gasteiger partial charge in [-0.1, -0.05) is 0 Å². The van der Waals surface area contributed by atoms with Gasteiger partial charge in [0.2, 0.25) is 0 Å². The highest BCUT2D eigenvalue weighted by Gasteiger charge is 2.05. The predicted octanol–water partition coefficient (Wildman–Crippen LogP) is 0.865. The Hall–Kier alpha value is -1.31. The molecule has 1 rings (SSSR count). The summed E-state index contributed by atoms with van der Waals surface area (Å²) in [6.07, 6.45) is 0. The van der Waals surface area contributed by atoms with Crippen LogP contribution in [0.5, 0.6) is 0 Å². The molecular formula is C9H10IN3O2. The first-order valence-electron chi connectivity index (χ1n) is 4.17. The van der Waals surface area contributed by atoms with Gasteiger partial charge in [-0.05, 0) is 46.9 Å². The van der Waals surface area contributed by atoms with E-state index in [0.29, 0.717) is 5.56 Å². The first-order valence-corrected chi connectivity index (χ1v) is 5.25. The van der Waals surface area contributed by atoms with Gasteiger partial charge in [0.15, 0.2) is 0 Å². The molecule has 0 aliphatic heterocycles. The van der Waals surface area contributed by atoms with Crippen molar-refractivity contribution in [2.24, 2.45) is 0 Å². The summed E-state index contributed by atoms with van der Waals surface area (Å²) >= 11 is 2.15. The Morgan fingerprint density at radius 1 is 1.13 bits per heavy atom. The minimum absolute atomic E-state index is 0.352. The Labute approximate surface area is 101 Å². The summed E-state index contributed by atoms with van der Waals surface area (Å²) in [5.41, 5.74) is 4.95. The van der Waals surface area contributed by atoms with Crippen molar-refractivity contribution in [3.63, 3.8) is 0 Å². The lowest BCUT2D eigenvalue weighted by molar-refractivity contribution is 0.0936. The molecule has 3 amide bonds. The van der Waals surface area contributed by atoms with Crippen LogP contribution in [0.3, 0.4) is 0 Å². The summed E-state index contributed by atoms with van der Waals surface area (Å²) in [4.78, 5) is 22.2. The molecule has 3 N–H and O–H groups in total. The molecule has 5 nitrogen and oxygen atoms in total. The van der Waals surface area contributed by atoms with Crippen molar-refractivity contribution >= 4 is 34.5 Å². The van der Waals surface area contributed by atoms with Crippen LogP contribution in [-0.2, 0) is 0 Å². The standard InChI is InChI=1S/C9H10IN3O2/c1-11-9(15)13-12-8(14)6-2-4-7(10)5-3-6/h2-5H,1H3,(H,12,14)(H2,11,13,15). The summed E-state index contributed by atoms with van der Waals surface area (Å²) in [7, 11) is 1.46. The van der Waals surface area contributed by atoms with Gasteiger partial charge in [0.25, 0.3) is 5.91 Å². The second kappa shape index (κ2) is 5.54. The van der Waals surface area contributed by atoms with Crippen LogP contribution in [0.2, 0.25) is 0 Å². The Kier molecular flexibility index (Phi) is 4.35. The molecule has 0 unspecified atom stereocenters. The van der Waals surface area contributed by atoms with Gasteiger partial charge in [-0.25, -0.2) is 10.2 Å². The normalized spacial score (nSPS) is 9.20. The van der Waals surface area contributed by atoms with Gasteiger partial charge in [-0.3, -0.25) is 10.2 Å². The van der Waals surface area contributed by atoms with E-state index in [1.807, 2.05) is 12.1 Å². The van der Waals surface area contributed by atoms with Crippen molar-refractivity contribution in [2.75, 3.05) is 7.05 Å². The van der Waals surface area contributed by atoms with Crippen molar-refractivity contribution < 1.29 is 9.59 Å². The van der Waals surface area contributed by atoms with Crippen LogP contribution in [0.25, 0.3) is 0 Å². The monoisotopic (exact) mass is 319 g/mol. The van der Waals surface area contributed by atoms with Crippen molar-refractivity contribution in [1.82, 2.24) is 16.2 Å². The first-order chi connectivity index (χ1) is 7.13. The fourth-order valence-electron chi connectivity index (χ4n) is 0.849. The number of amides is 3. The number of hydrazine groups is 1. The number of benzene rings is 1. The van der Waals surface area contributed by atoms with Crippen LogP contribution in [0.4, 0.5) is 4.79 Å². The Morgan fingerprint density at radius 3 is 2.27 bits per heavy atom. The third-order valence-electron chi connectivity index (χ3n) is 1.62. The Bertz CT molecular complexity index is 364. The van der Waals surface area contributed by atoms with E-state index in [2.05, 4.69) is 38.8 Å². The molecule has 0 fully saturated rings. The number of hydrogen-bond donors (Lipinski definition) is 3. The maximum absolute atomic E-state index is 11.4. The molecule has 1 aromatic rings. The van der Waals surface area contributed by atoms with E-state index >= 15 is 0 Å². The van der Waals surface area contributed by atoms with Gasteiger partial charge in [-0.2, -0.15) is 0 Å². The van der Waals surface area contributed by atoms with Crippen LogP contribution < -0.4 is 16.2 Å². The van der Waals surface area contributed by atoms with E-state index in [4.69, 9.17) is 0 Å². The fourth-order valence-corrected chi connectivity index (χ4v) is 1.21. The number of carbonyl (C=O) groups excluding carboxylic acids is 2. The molecule has 80 valence electrons. The van der Waals surface area contributed by atoms with Crippen LogP contribution >= 0.6 is 22.6 Å². The third-order valence-corrected chi connectivity index (χ3v) is 2.34. The average molecular weight is 319 g/mol. The molecule has 0 aliphatic carbocycles. The van der Waals surface area contributed by atoms with E-state index in [9.17, 15) is 9.59 Å². The Balaban J connectivity index is 2.54. The lowest BCUT2D eigenvalue weighted by Gasteiger charge is -2.06. The molecule has 0 aromatic heterocycles.